The molecule has 0 unspecified atom stereocenters. The highest BCUT2D eigenvalue weighted by Gasteiger charge is 2.28. The molecule has 2 fully saturated rings. The maximum Gasteiger partial charge on any atom is 0.273 e. The standard InChI is InChI=1S/C16H19N5O2S/c22-15(13-10-24-11-18-13)21-7-8-23-14(9-21)12-3-4-17-16(19-12)20-5-1-2-6-20/h3-4,10-11,14H,1-2,5-9H2/t14-/m1/s1. The summed E-state index contributed by atoms with van der Waals surface area (Å²) in [5, 5.41) is 1.78. The molecule has 0 aliphatic carbocycles. The molecule has 1 amide bonds. The first kappa shape index (κ1) is 15.5. The maximum atomic E-state index is 12.5. The Morgan fingerprint density at radius 3 is 2.92 bits per heavy atom. The fourth-order valence-corrected chi connectivity index (χ4v) is 3.63. The van der Waals surface area contributed by atoms with Crippen molar-refractivity contribution in [2.24, 2.45) is 0 Å². The Bertz CT molecular complexity index is 702. The number of morpholine rings is 1. The average molecular weight is 345 g/mol. The Morgan fingerprint density at radius 2 is 2.12 bits per heavy atom. The van der Waals surface area contributed by atoms with Crippen LogP contribution in [-0.2, 0) is 4.74 Å². The van der Waals surface area contributed by atoms with Crippen molar-refractivity contribution in [1.29, 1.82) is 0 Å². The van der Waals surface area contributed by atoms with Crippen LogP contribution >= 0.6 is 11.3 Å². The van der Waals surface area contributed by atoms with Crippen LogP contribution in [0, 0.1) is 0 Å². The quantitative estimate of drug-likeness (QED) is 0.844. The number of rotatable bonds is 3. The van der Waals surface area contributed by atoms with Crippen molar-refractivity contribution in [3.8, 4) is 0 Å². The molecule has 2 aliphatic heterocycles. The van der Waals surface area contributed by atoms with E-state index in [1.54, 1.807) is 22.0 Å². The summed E-state index contributed by atoms with van der Waals surface area (Å²) in [6, 6.07) is 1.88. The van der Waals surface area contributed by atoms with Crippen LogP contribution in [0.4, 0.5) is 5.95 Å². The van der Waals surface area contributed by atoms with Gasteiger partial charge in [-0.25, -0.2) is 15.0 Å². The number of carbonyl (C=O) groups excluding carboxylic acids is 1. The second kappa shape index (κ2) is 6.82. The van der Waals surface area contributed by atoms with E-state index in [4.69, 9.17) is 4.74 Å². The number of hydrogen-bond donors (Lipinski definition) is 0. The van der Waals surface area contributed by atoms with Crippen LogP contribution in [0.2, 0.25) is 0 Å². The van der Waals surface area contributed by atoms with Crippen LogP contribution in [0.15, 0.2) is 23.2 Å². The number of nitrogens with zero attached hydrogens (tertiary/aromatic N) is 5. The van der Waals surface area contributed by atoms with E-state index in [9.17, 15) is 4.79 Å². The molecular formula is C16H19N5O2S. The van der Waals surface area contributed by atoms with E-state index in [2.05, 4.69) is 19.9 Å². The van der Waals surface area contributed by atoms with E-state index in [-0.39, 0.29) is 12.0 Å². The summed E-state index contributed by atoms with van der Waals surface area (Å²) in [6.45, 7) is 3.58. The van der Waals surface area contributed by atoms with Gasteiger partial charge in [0.1, 0.15) is 11.8 Å². The summed E-state index contributed by atoms with van der Waals surface area (Å²) in [7, 11) is 0. The summed E-state index contributed by atoms with van der Waals surface area (Å²) < 4.78 is 5.86. The average Bonchev–Trinajstić information content (AvgIpc) is 3.35. The van der Waals surface area contributed by atoms with E-state index < -0.39 is 0 Å². The molecule has 2 aromatic rings. The SMILES string of the molecule is O=C(c1cscn1)N1CCO[C@@H](c2ccnc(N3CCCC3)n2)C1. The summed E-state index contributed by atoms with van der Waals surface area (Å²) in [4.78, 5) is 29.6. The van der Waals surface area contributed by atoms with Gasteiger partial charge in [-0.1, -0.05) is 0 Å². The fourth-order valence-electron chi connectivity index (χ4n) is 3.10. The number of carbonyl (C=O) groups is 1. The molecule has 0 bridgehead atoms. The van der Waals surface area contributed by atoms with Gasteiger partial charge in [-0.15, -0.1) is 11.3 Å². The van der Waals surface area contributed by atoms with Crippen LogP contribution in [0.1, 0.15) is 35.1 Å². The Labute approximate surface area is 144 Å². The molecule has 2 aromatic heterocycles. The van der Waals surface area contributed by atoms with E-state index in [1.807, 2.05) is 6.07 Å². The van der Waals surface area contributed by atoms with Gasteiger partial charge >= 0.3 is 0 Å². The topological polar surface area (TPSA) is 71.5 Å². The predicted octanol–water partition coefficient (Wildman–Crippen LogP) is 1.75. The summed E-state index contributed by atoms with van der Waals surface area (Å²) in [6.07, 6.45) is 3.93. The van der Waals surface area contributed by atoms with Crippen molar-refractivity contribution in [3.05, 3.63) is 34.5 Å². The molecule has 0 aromatic carbocycles. The highest BCUT2D eigenvalue weighted by atomic mass is 32.1. The van der Waals surface area contributed by atoms with Crippen molar-refractivity contribution < 1.29 is 9.53 Å². The zero-order valence-corrected chi connectivity index (χ0v) is 14.1. The Kier molecular flexibility index (Phi) is 4.40. The van der Waals surface area contributed by atoms with Crippen LogP contribution in [-0.4, -0.2) is 58.5 Å². The third kappa shape index (κ3) is 3.11. The lowest BCUT2D eigenvalue weighted by atomic mass is 10.2. The molecule has 8 heteroatoms. The number of aromatic nitrogens is 3. The first-order valence-corrected chi connectivity index (χ1v) is 9.12. The lowest BCUT2D eigenvalue weighted by molar-refractivity contribution is -0.0249. The lowest BCUT2D eigenvalue weighted by Crippen LogP contribution is -2.42. The van der Waals surface area contributed by atoms with Gasteiger partial charge < -0.3 is 14.5 Å². The smallest absolute Gasteiger partial charge is 0.273 e. The van der Waals surface area contributed by atoms with E-state index >= 15 is 0 Å². The second-order valence-corrected chi connectivity index (χ2v) is 6.68. The number of hydrogen-bond acceptors (Lipinski definition) is 7. The monoisotopic (exact) mass is 345 g/mol. The maximum absolute atomic E-state index is 12.5. The number of ether oxygens (including phenoxy) is 1. The third-order valence-electron chi connectivity index (χ3n) is 4.39. The van der Waals surface area contributed by atoms with Crippen molar-refractivity contribution in [1.82, 2.24) is 19.9 Å². The molecule has 0 saturated carbocycles. The highest BCUT2D eigenvalue weighted by molar-refractivity contribution is 7.07. The van der Waals surface area contributed by atoms with Gasteiger partial charge in [0.2, 0.25) is 5.95 Å². The third-order valence-corrected chi connectivity index (χ3v) is 4.97. The van der Waals surface area contributed by atoms with Gasteiger partial charge in [0.15, 0.2) is 0 Å². The van der Waals surface area contributed by atoms with Crippen molar-refractivity contribution in [2.45, 2.75) is 18.9 Å². The zero-order valence-electron chi connectivity index (χ0n) is 13.3. The molecule has 0 spiro atoms. The highest BCUT2D eigenvalue weighted by Crippen LogP contribution is 2.24. The Hall–Kier alpha value is -2.06. The van der Waals surface area contributed by atoms with Gasteiger partial charge in [0.05, 0.1) is 24.4 Å². The number of anilines is 1. The van der Waals surface area contributed by atoms with E-state index in [0.29, 0.717) is 25.4 Å². The van der Waals surface area contributed by atoms with Gasteiger partial charge in [0.25, 0.3) is 5.91 Å². The van der Waals surface area contributed by atoms with Gasteiger partial charge in [0, 0.05) is 31.2 Å². The number of amides is 1. The van der Waals surface area contributed by atoms with Gasteiger partial charge in [-0.05, 0) is 18.9 Å². The minimum atomic E-state index is -0.217. The number of thiazole rings is 1. The lowest BCUT2D eigenvalue weighted by Gasteiger charge is -2.32. The largest absolute Gasteiger partial charge is 0.368 e. The predicted molar refractivity (Wildman–Crippen MR) is 90.2 cm³/mol. The molecule has 0 N–H and O–H groups in total. The molecule has 24 heavy (non-hydrogen) atoms. The molecular weight excluding hydrogens is 326 g/mol. The molecule has 4 rings (SSSR count). The first-order valence-electron chi connectivity index (χ1n) is 8.18. The van der Waals surface area contributed by atoms with E-state index in [1.165, 1.54) is 24.2 Å². The van der Waals surface area contributed by atoms with Crippen molar-refractivity contribution in [3.63, 3.8) is 0 Å². The van der Waals surface area contributed by atoms with Crippen LogP contribution in [0.3, 0.4) is 0 Å². The van der Waals surface area contributed by atoms with Crippen LogP contribution in [0.5, 0.6) is 0 Å². The van der Waals surface area contributed by atoms with Crippen molar-refractivity contribution in [2.75, 3.05) is 37.7 Å². The minimum Gasteiger partial charge on any atom is -0.368 e. The van der Waals surface area contributed by atoms with Crippen LogP contribution < -0.4 is 4.90 Å². The molecule has 0 radical (unpaired) electrons. The Morgan fingerprint density at radius 1 is 1.25 bits per heavy atom. The van der Waals surface area contributed by atoms with Gasteiger partial charge in [-0.3, -0.25) is 4.79 Å². The summed E-state index contributed by atoms with van der Waals surface area (Å²) in [5.41, 5.74) is 3.02. The first-order chi connectivity index (χ1) is 11.8. The van der Waals surface area contributed by atoms with Crippen molar-refractivity contribution >= 4 is 23.2 Å². The molecule has 2 saturated heterocycles. The van der Waals surface area contributed by atoms with Crippen LogP contribution in [0.25, 0.3) is 0 Å². The molecule has 126 valence electrons. The van der Waals surface area contributed by atoms with E-state index in [0.717, 1.165) is 24.7 Å². The fraction of sp³-hybridized carbons (Fsp3) is 0.500. The second-order valence-electron chi connectivity index (χ2n) is 5.96. The normalized spacial score (nSPS) is 21.2. The summed E-state index contributed by atoms with van der Waals surface area (Å²) in [5.74, 6) is 0.718. The molecule has 4 heterocycles. The summed E-state index contributed by atoms with van der Waals surface area (Å²) >= 11 is 1.43. The Balaban J connectivity index is 1.49. The van der Waals surface area contributed by atoms with Gasteiger partial charge in [-0.2, -0.15) is 0 Å². The minimum absolute atomic E-state index is 0.0432. The molecule has 7 nitrogen and oxygen atoms in total. The zero-order chi connectivity index (χ0) is 16.4. The molecule has 1 atom stereocenters. The molecule has 2 aliphatic rings.